The van der Waals surface area contributed by atoms with Gasteiger partial charge >= 0.3 is 0 Å². The first-order valence-electron chi connectivity index (χ1n) is 16.3. The number of aromatic nitrogens is 3. The van der Waals surface area contributed by atoms with Gasteiger partial charge in [0.1, 0.15) is 22.5 Å². The lowest BCUT2D eigenvalue weighted by Crippen LogP contribution is -2.07. The third-order valence-corrected chi connectivity index (χ3v) is 9.39. The molecule has 0 N–H and O–H groups in total. The van der Waals surface area contributed by atoms with Crippen molar-refractivity contribution in [2.24, 2.45) is 0 Å². The number of rotatable bonds is 4. The van der Waals surface area contributed by atoms with Gasteiger partial charge < -0.3 is 8.83 Å². The zero-order chi connectivity index (χ0) is 31.6. The summed E-state index contributed by atoms with van der Waals surface area (Å²) >= 11 is 0. The highest BCUT2D eigenvalue weighted by atomic mass is 16.3. The minimum atomic E-state index is 0.597. The van der Waals surface area contributed by atoms with E-state index in [4.69, 9.17) is 23.8 Å². The van der Waals surface area contributed by atoms with Crippen LogP contribution < -0.4 is 0 Å². The molecule has 0 radical (unpaired) electrons. The Balaban J connectivity index is 1.30. The van der Waals surface area contributed by atoms with E-state index in [-0.39, 0.29) is 0 Å². The van der Waals surface area contributed by atoms with Crippen LogP contribution in [0.1, 0.15) is 23.6 Å². The summed E-state index contributed by atoms with van der Waals surface area (Å²) in [5.74, 6) is 2.81. The molecule has 0 spiro atoms. The van der Waals surface area contributed by atoms with Crippen molar-refractivity contribution in [2.45, 2.75) is 12.8 Å². The summed E-state index contributed by atoms with van der Waals surface area (Å²) in [6.07, 6.45) is 3.92. The van der Waals surface area contributed by atoms with Crippen molar-refractivity contribution in [3.8, 4) is 33.9 Å². The van der Waals surface area contributed by atoms with Gasteiger partial charge in [0.05, 0.1) is 0 Å². The van der Waals surface area contributed by atoms with E-state index in [1.54, 1.807) is 0 Å². The van der Waals surface area contributed by atoms with E-state index in [1.165, 1.54) is 10.8 Å². The highest BCUT2D eigenvalue weighted by molar-refractivity contribution is 6.15. The molecule has 0 unspecified atom stereocenters. The Morgan fingerprint density at radius 2 is 1.19 bits per heavy atom. The SMILES string of the molecule is C1=C(c2nc(-c3ccccc3)nc(-c3c(-c4ccc5ccccc5c4)ccc4oc5ccccc5c34)n2)c2c(oc3ccccc23)CC1. The Bertz CT molecular complexity index is 2740. The van der Waals surface area contributed by atoms with Gasteiger partial charge in [-0.1, -0.05) is 109 Å². The second-order valence-corrected chi connectivity index (χ2v) is 12.2. The molecular weight excluding hydrogens is 590 g/mol. The number of fused-ring (bicyclic) bond motifs is 7. The average molecular weight is 618 g/mol. The summed E-state index contributed by atoms with van der Waals surface area (Å²) in [7, 11) is 0. The molecule has 5 heteroatoms. The van der Waals surface area contributed by atoms with Gasteiger partial charge in [-0.2, -0.15) is 0 Å². The maximum Gasteiger partial charge on any atom is 0.165 e. The molecule has 0 atom stereocenters. The minimum Gasteiger partial charge on any atom is -0.460 e. The van der Waals surface area contributed by atoms with Gasteiger partial charge in [-0.25, -0.2) is 15.0 Å². The Kier molecular flexibility index (Phi) is 5.93. The molecule has 9 aromatic rings. The standard InChI is InChI=1S/C43H27N3O2/c1-2-12-27(13-3-1)41-44-42(33-17-10-20-36-38(33)31-15-6-8-18-34(31)47-36)46-43(45-41)40-30(29-22-21-26-11-4-5-14-28(26)25-29)23-24-37-39(40)32-16-7-9-19-35(32)48-37/h1-9,11-19,21-25H,10,20H2. The van der Waals surface area contributed by atoms with Crippen molar-refractivity contribution in [2.75, 3.05) is 0 Å². The average Bonchev–Trinajstić information content (AvgIpc) is 3.73. The maximum absolute atomic E-state index is 6.43. The van der Waals surface area contributed by atoms with Gasteiger partial charge in [-0.3, -0.25) is 0 Å². The van der Waals surface area contributed by atoms with Crippen LogP contribution in [0.15, 0.2) is 148 Å². The Morgan fingerprint density at radius 3 is 2.06 bits per heavy atom. The number of benzene rings is 6. The normalized spacial score (nSPS) is 13.0. The molecule has 0 fully saturated rings. The molecule has 3 aromatic heterocycles. The molecule has 0 aliphatic heterocycles. The highest BCUT2D eigenvalue weighted by Gasteiger charge is 2.27. The molecule has 1 aliphatic rings. The van der Waals surface area contributed by atoms with E-state index in [9.17, 15) is 0 Å². The fourth-order valence-electron chi connectivity index (χ4n) is 7.19. The van der Waals surface area contributed by atoms with Gasteiger partial charge in [0.25, 0.3) is 0 Å². The lowest BCUT2D eigenvalue weighted by atomic mass is 9.92. The van der Waals surface area contributed by atoms with E-state index < -0.39 is 0 Å². The van der Waals surface area contributed by atoms with Crippen LogP contribution in [0.25, 0.3) is 83.2 Å². The highest BCUT2D eigenvalue weighted by Crippen LogP contribution is 2.44. The Hall–Kier alpha value is -6.33. The van der Waals surface area contributed by atoms with Crippen molar-refractivity contribution in [3.05, 3.63) is 157 Å². The largest absolute Gasteiger partial charge is 0.460 e. The molecule has 0 saturated heterocycles. The van der Waals surface area contributed by atoms with Gasteiger partial charge in [0.15, 0.2) is 17.5 Å². The number of para-hydroxylation sites is 2. The van der Waals surface area contributed by atoms with Crippen LogP contribution in [-0.4, -0.2) is 15.0 Å². The fraction of sp³-hybridized carbons (Fsp3) is 0.0465. The maximum atomic E-state index is 6.43. The van der Waals surface area contributed by atoms with Gasteiger partial charge in [-0.15, -0.1) is 0 Å². The number of hydrogen-bond acceptors (Lipinski definition) is 5. The van der Waals surface area contributed by atoms with Gasteiger partial charge in [0.2, 0.25) is 0 Å². The molecule has 1 aliphatic carbocycles. The molecule has 3 heterocycles. The van der Waals surface area contributed by atoms with Crippen LogP contribution in [0.5, 0.6) is 0 Å². The van der Waals surface area contributed by atoms with Gasteiger partial charge in [-0.05, 0) is 58.7 Å². The number of nitrogens with zero attached hydrogens (tertiary/aromatic N) is 3. The number of hydrogen-bond donors (Lipinski definition) is 0. The van der Waals surface area contributed by atoms with Crippen LogP contribution in [-0.2, 0) is 6.42 Å². The quantitative estimate of drug-likeness (QED) is 0.197. The van der Waals surface area contributed by atoms with Crippen LogP contribution in [0.4, 0.5) is 0 Å². The molecule has 5 nitrogen and oxygen atoms in total. The lowest BCUT2D eigenvalue weighted by Gasteiger charge is -2.16. The summed E-state index contributed by atoms with van der Waals surface area (Å²) in [6, 6.07) is 45.8. The molecule has 0 amide bonds. The van der Waals surface area contributed by atoms with E-state index in [0.29, 0.717) is 17.5 Å². The van der Waals surface area contributed by atoms with Crippen LogP contribution in [0.3, 0.4) is 0 Å². The van der Waals surface area contributed by atoms with E-state index in [2.05, 4.69) is 97.1 Å². The molecule has 0 bridgehead atoms. The summed E-state index contributed by atoms with van der Waals surface area (Å²) in [6.45, 7) is 0. The molecule has 0 saturated carbocycles. The fourth-order valence-corrected chi connectivity index (χ4v) is 7.19. The zero-order valence-electron chi connectivity index (χ0n) is 25.9. The van der Waals surface area contributed by atoms with Crippen molar-refractivity contribution < 1.29 is 8.83 Å². The summed E-state index contributed by atoms with van der Waals surface area (Å²) < 4.78 is 12.8. The predicted molar refractivity (Wildman–Crippen MR) is 193 cm³/mol. The molecule has 10 rings (SSSR count). The predicted octanol–water partition coefficient (Wildman–Crippen LogP) is 11.0. The monoisotopic (exact) mass is 617 g/mol. The van der Waals surface area contributed by atoms with Crippen molar-refractivity contribution >= 4 is 49.3 Å². The smallest absolute Gasteiger partial charge is 0.165 e. The first-order valence-corrected chi connectivity index (χ1v) is 16.3. The van der Waals surface area contributed by atoms with Crippen molar-refractivity contribution in [1.82, 2.24) is 15.0 Å². The molecular formula is C43H27N3O2. The Morgan fingerprint density at radius 1 is 0.479 bits per heavy atom. The van der Waals surface area contributed by atoms with Crippen molar-refractivity contribution in [3.63, 3.8) is 0 Å². The zero-order valence-corrected chi connectivity index (χ0v) is 25.9. The van der Waals surface area contributed by atoms with Crippen molar-refractivity contribution in [1.29, 1.82) is 0 Å². The number of furan rings is 2. The third-order valence-electron chi connectivity index (χ3n) is 9.39. The summed E-state index contributed by atoms with van der Waals surface area (Å²) in [4.78, 5) is 15.8. The first-order chi connectivity index (χ1) is 23.8. The summed E-state index contributed by atoms with van der Waals surface area (Å²) in [5.41, 5.74) is 8.48. The van der Waals surface area contributed by atoms with E-state index >= 15 is 0 Å². The minimum absolute atomic E-state index is 0.597. The topological polar surface area (TPSA) is 65.0 Å². The molecule has 48 heavy (non-hydrogen) atoms. The summed E-state index contributed by atoms with van der Waals surface area (Å²) in [5, 5.41) is 5.44. The third kappa shape index (κ3) is 4.21. The van der Waals surface area contributed by atoms with Crippen LogP contribution in [0, 0.1) is 0 Å². The second-order valence-electron chi connectivity index (χ2n) is 12.2. The Labute approximate surface area is 275 Å². The van der Waals surface area contributed by atoms with E-state index in [0.717, 1.165) is 84.9 Å². The second kappa shape index (κ2) is 10.6. The molecule has 226 valence electrons. The first kappa shape index (κ1) is 26.8. The number of aryl methyl sites for hydroxylation is 1. The van der Waals surface area contributed by atoms with E-state index in [1.807, 2.05) is 42.5 Å². The van der Waals surface area contributed by atoms with Crippen LogP contribution >= 0.6 is 0 Å². The van der Waals surface area contributed by atoms with Gasteiger partial charge in [0, 0.05) is 44.8 Å². The lowest BCUT2D eigenvalue weighted by molar-refractivity contribution is 0.545. The molecule has 6 aromatic carbocycles. The number of allylic oxidation sites excluding steroid dienone is 1. The van der Waals surface area contributed by atoms with Crippen LogP contribution in [0.2, 0.25) is 0 Å².